The van der Waals surface area contributed by atoms with Gasteiger partial charge in [0.25, 0.3) is 0 Å². The van der Waals surface area contributed by atoms with Gasteiger partial charge >= 0.3 is 0 Å². The molecule has 17 heavy (non-hydrogen) atoms. The van der Waals surface area contributed by atoms with Crippen LogP contribution < -0.4 is 10.1 Å². The van der Waals surface area contributed by atoms with E-state index in [1.165, 1.54) is 0 Å². The molecular formula is C13H23N3O. The van der Waals surface area contributed by atoms with Gasteiger partial charge in [0, 0.05) is 24.4 Å². The summed E-state index contributed by atoms with van der Waals surface area (Å²) in [4.78, 5) is 6.65. The largest absolute Gasteiger partial charge is 0.497 e. The van der Waals surface area contributed by atoms with Gasteiger partial charge in [-0.25, -0.2) is 0 Å². The van der Waals surface area contributed by atoms with Crippen LogP contribution >= 0.6 is 0 Å². The number of ether oxygens (including phenoxy) is 1. The molecule has 0 aliphatic rings. The van der Waals surface area contributed by atoms with Crippen molar-refractivity contribution < 1.29 is 4.74 Å². The Bertz CT molecular complexity index is 339. The average molecular weight is 237 g/mol. The molecule has 0 saturated carbocycles. The van der Waals surface area contributed by atoms with E-state index in [0.717, 1.165) is 43.2 Å². The fourth-order valence-corrected chi connectivity index (χ4v) is 1.65. The maximum atomic E-state index is 5.22. The molecule has 0 atom stereocenters. The summed E-state index contributed by atoms with van der Waals surface area (Å²) in [6.07, 6.45) is 1.15. The molecule has 1 aromatic rings. The molecule has 1 N–H and O–H groups in total. The second kappa shape index (κ2) is 7.25. The van der Waals surface area contributed by atoms with Gasteiger partial charge in [0.15, 0.2) is 0 Å². The van der Waals surface area contributed by atoms with Crippen molar-refractivity contribution in [1.82, 2.24) is 15.2 Å². The van der Waals surface area contributed by atoms with Gasteiger partial charge in [0.2, 0.25) is 0 Å². The van der Waals surface area contributed by atoms with Crippen LogP contribution in [0.3, 0.4) is 0 Å². The van der Waals surface area contributed by atoms with E-state index < -0.39 is 0 Å². The number of methoxy groups -OCH3 is 1. The molecule has 4 nitrogen and oxygen atoms in total. The van der Waals surface area contributed by atoms with Crippen LogP contribution in [0.15, 0.2) is 12.1 Å². The van der Waals surface area contributed by atoms with Crippen molar-refractivity contribution in [3.63, 3.8) is 0 Å². The quantitative estimate of drug-likeness (QED) is 0.728. The Hall–Kier alpha value is -1.13. The van der Waals surface area contributed by atoms with Gasteiger partial charge in [0.1, 0.15) is 5.75 Å². The molecule has 0 aromatic carbocycles. The van der Waals surface area contributed by atoms with Gasteiger partial charge in [-0.1, -0.05) is 0 Å². The predicted molar refractivity (Wildman–Crippen MR) is 70.4 cm³/mol. The lowest BCUT2D eigenvalue weighted by atomic mass is 10.3. The third-order valence-electron chi connectivity index (χ3n) is 2.48. The zero-order valence-electron chi connectivity index (χ0n) is 11.3. The zero-order valence-corrected chi connectivity index (χ0v) is 11.3. The monoisotopic (exact) mass is 237 g/mol. The van der Waals surface area contributed by atoms with E-state index in [2.05, 4.69) is 29.3 Å². The summed E-state index contributed by atoms with van der Waals surface area (Å²) in [5.74, 6) is 0.877. The fraction of sp³-hybridized carbons (Fsp3) is 0.615. The number of rotatable bonds is 7. The van der Waals surface area contributed by atoms with Crippen LogP contribution in [0.5, 0.6) is 5.75 Å². The smallest absolute Gasteiger partial charge is 0.122 e. The average Bonchev–Trinajstić information content (AvgIpc) is 2.27. The lowest BCUT2D eigenvalue weighted by Crippen LogP contribution is -2.21. The molecule has 1 rings (SSSR count). The van der Waals surface area contributed by atoms with E-state index in [9.17, 15) is 0 Å². The first-order valence-corrected chi connectivity index (χ1v) is 5.99. The predicted octanol–water partition coefficient (Wildman–Crippen LogP) is 1.44. The highest BCUT2D eigenvalue weighted by Crippen LogP contribution is 2.12. The lowest BCUT2D eigenvalue weighted by Gasteiger charge is -2.10. The molecule has 1 aromatic heterocycles. The van der Waals surface area contributed by atoms with Crippen molar-refractivity contribution in [2.45, 2.75) is 19.9 Å². The van der Waals surface area contributed by atoms with E-state index in [0.29, 0.717) is 0 Å². The number of hydrogen-bond donors (Lipinski definition) is 1. The number of aryl methyl sites for hydroxylation is 1. The molecule has 4 heteroatoms. The topological polar surface area (TPSA) is 37.4 Å². The summed E-state index contributed by atoms with van der Waals surface area (Å²) in [5.41, 5.74) is 2.03. The zero-order chi connectivity index (χ0) is 12.7. The third kappa shape index (κ3) is 5.65. The Morgan fingerprint density at radius 1 is 1.35 bits per heavy atom. The van der Waals surface area contributed by atoms with Crippen LogP contribution in [0, 0.1) is 6.92 Å². The van der Waals surface area contributed by atoms with Crippen molar-refractivity contribution in [2.75, 3.05) is 34.3 Å². The van der Waals surface area contributed by atoms with Crippen molar-refractivity contribution >= 4 is 0 Å². The van der Waals surface area contributed by atoms with Gasteiger partial charge in [0.05, 0.1) is 12.8 Å². The fourth-order valence-electron chi connectivity index (χ4n) is 1.65. The number of nitrogens with one attached hydrogen (secondary N) is 1. The molecule has 1 heterocycles. The van der Waals surface area contributed by atoms with Gasteiger partial charge in [-0.2, -0.15) is 0 Å². The minimum absolute atomic E-state index is 0.797. The van der Waals surface area contributed by atoms with E-state index in [-0.39, 0.29) is 0 Å². The highest BCUT2D eigenvalue weighted by molar-refractivity contribution is 5.26. The normalized spacial score (nSPS) is 10.9. The van der Waals surface area contributed by atoms with Gasteiger partial charge in [-0.15, -0.1) is 0 Å². The van der Waals surface area contributed by atoms with Crippen molar-refractivity contribution in [2.24, 2.45) is 0 Å². The third-order valence-corrected chi connectivity index (χ3v) is 2.48. The summed E-state index contributed by atoms with van der Waals surface area (Å²) < 4.78 is 5.22. The molecule has 0 amide bonds. The van der Waals surface area contributed by atoms with Crippen LogP contribution in [-0.2, 0) is 6.54 Å². The minimum atomic E-state index is 0.797. The van der Waals surface area contributed by atoms with E-state index in [4.69, 9.17) is 4.74 Å². The Kier molecular flexibility index (Phi) is 5.94. The number of aromatic nitrogens is 1. The van der Waals surface area contributed by atoms with Crippen LogP contribution in [0.1, 0.15) is 17.8 Å². The second-order valence-corrected chi connectivity index (χ2v) is 4.47. The highest BCUT2D eigenvalue weighted by Gasteiger charge is 2.00. The van der Waals surface area contributed by atoms with Crippen LogP contribution in [0.4, 0.5) is 0 Å². The molecule has 0 radical (unpaired) electrons. The SMILES string of the molecule is COc1cc(C)nc(CNCCCN(C)C)c1. The summed E-state index contributed by atoms with van der Waals surface area (Å²) in [7, 11) is 5.86. The van der Waals surface area contributed by atoms with Crippen LogP contribution in [0.25, 0.3) is 0 Å². The van der Waals surface area contributed by atoms with Crippen LogP contribution in [-0.4, -0.2) is 44.2 Å². The molecule has 0 saturated heterocycles. The summed E-state index contributed by atoms with van der Waals surface area (Å²) >= 11 is 0. The van der Waals surface area contributed by atoms with Gasteiger partial charge in [-0.05, 0) is 40.5 Å². The van der Waals surface area contributed by atoms with Crippen molar-refractivity contribution in [3.05, 3.63) is 23.5 Å². The van der Waals surface area contributed by atoms with Crippen molar-refractivity contribution in [1.29, 1.82) is 0 Å². The van der Waals surface area contributed by atoms with Crippen molar-refractivity contribution in [3.8, 4) is 5.75 Å². The molecule has 0 aliphatic carbocycles. The summed E-state index contributed by atoms with van der Waals surface area (Å²) in [6.45, 7) is 4.90. The Balaban J connectivity index is 2.33. The second-order valence-electron chi connectivity index (χ2n) is 4.47. The maximum Gasteiger partial charge on any atom is 0.122 e. The standard InChI is InChI=1S/C13H23N3O/c1-11-8-13(17-4)9-12(15-11)10-14-6-5-7-16(2)3/h8-9,14H,5-7,10H2,1-4H3. The maximum absolute atomic E-state index is 5.22. The Labute approximate surface area is 104 Å². The van der Waals surface area contributed by atoms with Gasteiger partial charge < -0.3 is 15.0 Å². The summed E-state index contributed by atoms with van der Waals surface area (Å²) in [5, 5.41) is 3.39. The Morgan fingerprint density at radius 3 is 2.76 bits per heavy atom. The van der Waals surface area contributed by atoms with Gasteiger partial charge in [-0.3, -0.25) is 4.98 Å². The molecule has 0 fully saturated rings. The lowest BCUT2D eigenvalue weighted by molar-refractivity contribution is 0.393. The molecule has 0 spiro atoms. The molecule has 0 bridgehead atoms. The summed E-state index contributed by atoms with van der Waals surface area (Å²) in [6, 6.07) is 3.92. The first kappa shape index (κ1) is 13.9. The molecular weight excluding hydrogens is 214 g/mol. The first-order valence-electron chi connectivity index (χ1n) is 5.99. The highest BCUT2D eigenvalue weighted by atomic mass is 16.5. The number of pyridine rings is 1. The molecule has 0 unspecified atom stereocenters. The molecule has 0 aliphatic heterocycles. The minimum Gasteiger partial charge on any atom is -0.497 e. The first-order chi connectivity index (χ1) is 8.11. The van der Waals surface area contributed by atoms with E-state index in [1.807, 2.05) is 19.1 Å². The number of hydrogen-bond acceptors (Lipinski definition) is 4. The van der Waals surface area contributed by atoms with E-state index >= 15 is 0 Å². The van der Waals surface area contributed by atoms with E-state index in [1.54, 1.807) is 7.11 Å². The number of nitrogens with zero attached hydrogens (tertiary/aromatic N) is 2. The van der Waals surface area contributed by atoms with Crippen LogP contribution in [0.2, 0.25) is 0 Å². The molecule has 96 valence electrons. The Morgan fingerprint density at radius 2 is 2.12 bits per heavy atom.